The number of benzene rings is 2. The Labute approximate surface area is 300 Å². The standard InChI is InChI=1S/C39H48N5O6S/c1-5-7-12-31-30(25(3)37-35(39(48)42(31)37)26(4)32(45)9-6-2)23-41-38(47)29-11-8-10-28-27(13-14-33(36(28)29)51(41,49)50)15-16-43-17-20-44(21-18-43,22-19-43)24-34(40)46/h5-6,8,10-11,13-14,25-26,35,37H,1-2,7,9,12,15-24H2,3-4H3,(H-,40,46)/q+1/p+1/t25?,26-,35?,37?,43?,44?/m0/s1. The molecular weight excluding hydrogens is 667 g/mol. The first-order valence-corrected chi connectivity index (χ1v) is 19.6. The highest BCUT2D eigenvalue weighted by Gasteiger charge is 2.59. The van der Waals surface area contributed by atoms with Gasteiger partial charge in [0.15, 0.2) is 6.54 Å². The number of ketones is 1. The molecule has 0 saturated carbocycles. The van der Waals surface area contributed by atoms with Crippen LogP contribution in [0.25, 0.3) is 10.8 Å². The number of quaternary nitrogens is 2. The molecule has 4 saturated heterocycles. The van der Waals surface area contributed by atoms with Crippen molar-refractivity contribution in [3.8, 4) is 0 Å². The third kappa shape index (κ3) is 5.57. The van der Waals surface area contributed by atoms with E-state index < -0.39 is 27.8 Å². The van der Waals surface area contributed by atoms with Crippen molar-refractivity contribution >= 4 is 44.3 Å². The normalized spacial score (nSPS) is 29.6. The Bertz CT molecular complexity index is 2000. The summed E-state index contributed by atoms with van der Waals surface area (Å²) in [6.45, 7) is 18.1. The van der Waals surface area contributed by atoms with Gasteiger partial charge in [0.2, 0.25) is 5.91 Å². The van der Waals surface area contributed by atoms with Crippen LogP contribution in [0.4, 0.5) is 0 Å². The Hall–Kier alpha value is -4.13. The van der Waals surface area contributed by atoms with Crippen molar-refractivity contribution in [2.24, 2.45) is 23.5 Å². The Kier molecular flexibility index (Phi) is 8.87. The maximum Gasteiger partial charge on any atom is 0.272 e. The average Bonchev–Trinajstić information content (AvgIpc) is 3.34. The maximum absolute atomic E-state index is 14.4. The Morgan fingerprint density at radius 2 is 1.69 bits per heavy atom. The third-order valence-electron chi connectivity index (χ3n) is 12.8. The average molecular weight is 716 g/mol. The molecule has 4 fully saturated rings. The highest BCUT2D eigenvalue weighted by molar-refractivity contribution is 7.90. The van der Waals surface area contributed by atoms with Gasteiger partial charge in [-0.2, -0.15) is 0 Å². The lowest BCUT2D eigenvalue weighted by Gasteiger charge is -2.55. The molecule has 0 radical (unpaired) electrons. The fraction of sp³-hybridized carbons (Fsp3) is 0.487. The molecule has 0 spiro atoms. The number of Topliss-reactive ketones (excluding diaryl/α,β-unsaturated/α-hetero) is 1. The minimum Gasteiger partial charge on any atom is -0.365 e. The number of fused-ring (bicyclic) bond motifs is 4. The van der Waals surface area contributed by atoms with Gasteiger partial charge in [0.25, 0.3) is 21.8 Å². The zero-order valence-electron chi connectivity index (χ0n) is 29.7. The first kappa shape index (κ1) is 35.3. The minimum absolute atomic E-state index is 0.0493. The molecule has 51 heavy (non-hydrogen) atoms. The van der Waals surface area contributed by atoms with Crippen molar-refractivity contribution in [3.63, 3.8) is 0 Å². The summed E-state index contributed by atoms with van der Waals surface area (Å²) in [5.74, 6) is -2.26. The molecule has 12 heteroatoms. The molecular formula is C39H49N5O6S+2. The van der Waals surface area contributed by atoms with Crippen LogP contribution in [0.3, 0.4) is 0 Å². The molecule has 4 atom stereocenters. The summed E-state index contributed by atoms with van der Waals surface area (Å²) < 4.78 is 31.6. The van der Waals surface area contributed by atoms with E-state index in [1.165, 1.54) is 0 Å². The molecule has 3 amide bonds. The molecule has 6 heterocycles. The minimum atomic E-state index is -4.23. The number of nitrogens with two attached hydrogens (primary N) is 1. The number of nitrogens with zero attached hydrogens (tertiary/aromatic N) is 4. The van der Waals surface area contributed by atoms with Crippen LogP contribution in [-0.2, 0) is 30.8 Å². The van der Waals surface area contributed by atoms with Crippen LogP contribution in [0.1, 0.15) is 49.0 Å². The van der Waals surface area contributed by atoms with Crippen LogP contribution in [0.2, 0.25) is 0 Å². The number of primary amides is 1. The zero-order valence-corrected chi connectivity index (χ0v) is 30.5. The molecule has 2 bridgehead atoms. The van der Waals surface area contributed by atoms with E-state index in [1.54, 1.807) is 36.1 Å². The van der Waals surface area contributed by atoms with E-state index >= 15 is 0 Å². The largest absolute Gasteiger partial charge is 0.365 e. The Balaban J connectivity index is 1.16. The summed E-state index contributed by atoms with van der Waals surface area (Å²) in [4.78, 5) is 54.2. The maximum atomic E-state index is 14.4. The molecule has 0 aliphatic carbocycles. The van der Waals surface area contributed by atoms with Crippen LogP contribution in [0.15, 0.2) is 71.8 Å². The Morgan fingerprint density at radius 3 is 2.33 bits per heavy atom. The number of amides is 3. The number of hydrogen-bond acceptors (Lipinski definition) is 6. The van der Waals surface area contributed by atoms with Crippen molar-refractivity contribution in [1.29, 1.82) is 0 Å². The van der Waals surface area contributed by atoms with E-state index in [-0.39, 0.29) is 47.4 Å². The fourth-order valence-corrected chi connectivity index (χ4v) is 11.3. The highest BCUT2D eigenvalue weighted by atomic mass is 32.2. The van der Waals surface area contributed by atoms with Gasteiger partial charge in [0.05, 0.1) is 29.9 Å². The number of hydrogen-bond donors (Lipinski definition) is 1. The molecule has 6 aliphatic heterocycles. The smallest absolute Gasteiger partial charge is 0.272 e. The zero-order chi connectivity index (χ0) is 36.5. The summed E-state index contributed by atoms with van der Waals surface area (Å²) in [6.07, 6.45) is 5.29. The molecule has 11 nitrogen and oxygen atoms in total. The summed E-state index contributed by atoms with van der Waals surface area (Å²) >= 11 is 0. The van der Waals surface area contributed by atoms with Gasteiger partial charge in [-0.15, -0.1) is 13.2 Å². The van der Waals surface area contributed by atoms with Crippen molar-refractivity contribution < 1.29 is 36.6 Å². The second-order valence-electron chi connectivity index (χ2n) is 15.5. The van der Waals surface area contributed by atoms with Crippen molar-refractivity contribution in [2.75, 3.05) is 58.9 Å². The first-order chi connectivity index (χ1) is 24.3. The van der Waals surface area contributed by atoms with Crippen LogP contribution in [0, 0.1) is 17.8 Å². The van der Waals surface area contributed by atoms with Gasteiger partial charge in [-0.25, -0.2) is 12.7 Å². The van der Waals surface area contributed by atoms with Gasteiger partial charge in [0, 0.05) is 41.3 Å². The van der Waals surface area contributed by atoms with Crippen LogP contribution in [0.5, 0.6) is 0 Å². The van der Waals surface area contributed by atoms with E-state index in [2.05, 4.69) is 13.2 Å². The highest BCUT2D eigenvalue weighted by Crippen LogP contribution is 2.51. The molecule has 8 rings (SSSR count). The molecule has 2 aromatic carbocycles. The van der Waals surface area contributed by atoms with Gasteiger partial charge in [-0.3, -0.25) is 19.2 Å². The SMILES string of the molecule is C=CCCC1=C(CN2C(=O)c3cccc4c(CC[N+]56CC[N+](CC(N)=O)(CC5)CC6)ccc(c34)S2(=O)=O)C(C)C2C([C@@H](C)C(=O)CC=C)C(=O)N12. The monoisotopic (exact) mass is 715 g/mol. The van der Waals surface area contributed by atoms with Crippen LogP contribution >= 0.6 is 0 Å². The van der Waals surface area contributed by atoms with E-state index in [1.807, 2.05) is 25.1 Å². The fourth-order valence-electron chi connectivity index (χ4n) is 9.72. The topological polar surface area (TPSA) is 135 Å². The van der Waals surface area contributed by atoms with Gasteiger partial charge >= 0.3 is 0 Å². The lowest BCUT2D eigenvalue weighted by atomic mass is 9.72. The number of allylic oxidation sites excluding steroid dienone is 3. The van der Waals surface area contributed by atoms with Crippen molar-refractivity contribution in [3.05, 3.63) is 78.0 Å². The van der Waals surface area contributed by atoms with Gasteiger partial charge < -0.3 is 19.6 Å². The van der Waals surface area contributed by atoms with Crippen LogP contribution in [-0.4, -0.2) is 115 Å². The predicted molar refractivity (Wildman–Crippen MR) is 193 cm³/mol. The predicted octanol–water partition coefficient (Wildman–Crippen LogP) is 3.15. The summed E-state index contributed by atoms with van der Waals surface area (Å²) in [7, 11) is -4.23. The number of sulfonamides is 1. The second-order valence-corrected chi connectivity index (χ2v) is 17.3. The van der Waals surface area contributed by atoms with E-state index in [0.717, 1.165) is 87.7 Å². The molecule has 270 valence electrons. The second kappa shape index (κ2) is 12.8. The Morgan fingerprint density at radius 1 is 1.00 bits per heavy atom. The summed E-state index contributed by atoms with van der Waals surface area (Å²) in [6, 6.07) is 8.72. The molecule has 2 N–H and O–H groups in total. The number of β-lactam (4-membered cyclic amide) rings is 1. The van der Waals surface area contributed by atoms with Gasteiger partial charge in [-0.1, -0.05) is 44.2 Å². The lowest BCUT2D eigenvalue weighted by molar-refractivity contribution is -1.08. The summed E-state index contributed by atoms with van der Waals surface area (Å²) in [5.41, 5.74) is 8.40. The van der Waals surface area contributed by atoms with Gasteiger partial charge in [-0.05, 0) is 41.5 Å². The van der Waals surface area contributed by atoms with E-state index in [4.69, 9.17) is 5.73 Å². The van der Waals surface area contributed by atoms with E-state index in [9.17, 15) is 27.6 Å². The van der Waals surface area contributed by atoms with E-state index in [0.29, 0.717) is 30.3 Å². The van der Waals surface area contributed by atoms with Crippen molar-refractivity contribution in [1.82, 2.24) is 9.21 Å². The third-order valence-corrected chi connectivity index (χ3v) is 14.6. The number of rotatable bonds is 14. The summed E-state index contributed by atoms with van der Waals surface area (Å²) in [5, 5.41) is 1.25. The number of carbonyl (C=O) groups is 4. The first-order valence-electron chi connectivity index (χ1n) is 18.2. The van der Waals surface area contributed by atoms with Crippen LogP contribution < -0.4 is 5.73 Å². The molecule has 0 aromatic heterocycles. The molecule has 3 unspecified atom stereocenters. The number of piperazine rings is 3. The lowest BCUT2D eigenvalue weighted by Crippen LogP contribution is -2.76. The molecule has 6 aliphatic rings. The van der Waals surface area contributed by atoms with Crippen molar-refractivity contribution in [2.45, 2.75) is 50.5 Å². The molecule has 2 aromatic rings. The quantitative estimate of drug-likeness (QED) is 0.182. The number of carbonyl (C=O) groups excluding carboxylic acids is 4. The van der Waals surface area contributed by atoms with Gasteiger partial charge in [0.1, 0.15) is 45.1 Å².